The maximum atomic E-state index is 13.5. The number of carbonyl (C=O) groups is 1. The van der Waals surface area contributed by atoms with E-state index in [1.54, 1.807) is 6.08 Å². The van der Waals surface area contributed by atoms with Crippen molar-refractivity contribution in [3.05, 3.63) is 71.8 Å². The number of nitriles is 1. The third-order valence-electron chi connectivity index (χ3n) is 8.26. The molecule has 3 fully saturated rings. The van der Waals surface area contributed by atoms with Crippen molar-refractivity contribution in [2.45, 2.75) is 49.7 Å². The summed E-state index contributed by atoms with van der Waals surface area (Å²) in [6.45, 7) is 6.81. The molecule has 6 heteroatoms. The maximum Gasteiger partial charge on any atom is 0.322 e. The molecule has 0 spiro atoms. The number of hydrogen-bond donors (Lipinski definition) is 2. The first-order valence-electron chi connectivity index (χ1n) is 12.7. The minimum atomic E-state index is -0.259. The molecule has 0 aromatic heterocycles. The molecule has 182 valence electrons. The molecule has 1 saturated heterocycles. The monoisotopic (exact) mass is 470 g/mol. The van der Waals surface area contributed by atoms with Crippen molar-refractivity contribution in [1.82, 2.24) is 9.80 Å². The zero-order valence-electron chi connectivity index (χ0n) is 20.2. The average Bonchev–Trinajstić information content (AvgIpc) is 3.49. The predicted molar refractivity (Wildman–Crippen MR) is 138 cm³/mol. The minimum Gasteiger partial charge on any atom is -0.392 e. The highest BCUT2D eigenvalue weighted by molar-refractivity contribution is 5.90. The Morgan fingerprint density at radius 2 is 2.14 bits per heavy atom. The van der Waals surface area contributed by atoms with E-state index in [1.165, 1.54) is 5.56 Å². The Bertz CT molecular complexity index is 1140. The number of hydrogen-bond acceptors (Lipinski definition) is 4. The van der Waals surface area contributed by atoms with Crippen LogP contribution in [0, 0.1) is 17.2 Å². The fourth-order valence-corrected chi connectivity index (χ4v) is 6.20. The van der Waals surface area contributed by atoms with Crippen molar-refractivity contribution in [1.29, 1.82) is 5.26 Å². The number of aliphatic hydroxyl groups excluding tert-OH is 1. The Balaban J connectivity index is 1.29. The van der Waals surface area contributed by atoms with Gasteiger partial charge in [-0.3, -0.25) is 4.90 Å². The van der Waals surface area contributed by atoms with E-state index in [2.05, 4.69) is 35.0 Å². The Morgan fingerprint density at radius 3 is 2.89 bits per heavy atom. The predicted octanol–water partition coefficient (Wildman–Crippen LogP) is 4.61. The van der Waals surface area contributed by atoms with Crippen LogP contribution in [0.5, 0.6) is 0 Å². The molecule has 0 bridgehead atoms. The molecule has 5 rings (SSSR count). The van der Waals surface area contributed by atoms with Gasteiger partial charge >= 0.3 is 6.03 Å². The first kappa shape index (κ1) is 23.6. The number of nitrogens with one attached hydrogen (secondary N) is 1. The molecule has 2 N–H and O–H groups in total. The van der Waals surface area contributed by atoms with Gasteiger partial charge < -0.3 is 15.3 Å². The van der Waals surface area contributed by atoms with E-state index < -0.39 is 0 Å². The van der Waals surface area contributed by atoms with E-state index in [1.807, 2.05) is 41.3 Å². The van der Waals surface area contributed by atoms with Gasteiger partial charge in [0.2, 0.25) is 0 Å². The molecule has 1 heterocycles. The summed E-state index contributed by atoms with van der Waals surface area (Å²) in [5.74, 6) is 0.545. The summed E-state index contributed by atoms with van der Waals surface area (Å²) < 4.78 is 0. The highest BCUT2D eigenvalue weighted by Gasteiger charge is 2.58. The largest absolute Gasteiger partial charge is 0.392 e. The van der Waals surface area contributed by atoms with Crippen LogP contribution in [0.15, 0.2) is 55.1 Å². The normalized spacial score (nSPS) is 27.5. The number of benzene rings is 2. The second-order valence-corrected chi connectivity index (χ2v) is 10.4. The number of likely N-dealkylation sites (tertiary alicyclic amines) is 1. The molecule has 1 unspecified atom stereocenters. The van der Waals surface area contributed by atoms with Gasteiger partial charge in [0.15, 0.2) is 0 Å². The van der Waals surface area contributed by atoms with Crippen LogP contribution in [0.4, 0.5) is 10.5 Å². The van der Waals surface area contributed by atoms with Crippen LogP contribution >= 0.6 is 0 Å². The number of carbonyl (C=O) groups excluding carboxylic acids is 1. The van der Waals surface area contributed by atoms with Crippen molar-refractivity contribution in [2.75, 3.05) is 31.5 Å². The van der Waals surface area contributed by atoms with Gasteiger partial charge in [0.05, 0.1) is 17.7 Å². The third-order valence-corrected chi connectivity index (χ3v) is 8.26. The molecule has 35 heavy (non-hydrogen) atoms. The van der Waals surface area contributed by atoms with E-state index in [-0.39, 0.29) is 23.6 Å². The summed E-state index contributed by atoms with van der Waals surface area (Å²) in [4.78, 5) is 17.8. The molecule has 1 aliphatic heterocycles. The molecule has 3 aliphatic rings. The lowest BCUT2D eigenvalue weighted by Gasteiger charge is -2.37. The van der Waals surface area contributed by atoms with Gasteiger partial charge in [0, 0.05) is 37.9 Å². The Kier molecular flexibility index (Phi) is 6.64. The van der Waals surface area contributed by atoms with Crippen LogP contribution in [-0.2, 0) is 5.41 Å². The van der Waals surface area contributed by atoms with E-state index in [0.717, 1.165) is 62.0 Å². The lowest BCUT2D eigenvalue weighted by Crippen LogP contribution is -2.48. The van der Waals surface area contributed by atoms with Crippen LogP contribution in [0.3, 0.4) is 0 Å². The second-order valence-electron chi connectivity index (χ2n) is 10.4. The zero-order chi connectivity index (χ0) is 24.4. The summed E-state index contributed by atoms with van der Waals surface area (Å²) in [7, 11) is 0. The van der Waals surface area contributed by atoms with Crippen molar-refractivity contribution in [3.8, 4) is 6.07 Å². The van der Waals surface area contributed by atoms with Crippen molar-refractivity contribution >= 4 is 17.8 Å². The third kappa shape index (κ3) is 4.98. The number of nitrogens with zero attached hydrogens (tertiary/aromatic N) is 3. The van der Waals surface area contributed by atoms with Crippen LogP contribution in [0.1, 0.15) is 48.8 Å². The second kappa shape index (κ2) is 9.85. The number of β-amino-alcohol motifs (C(OH)–C–C–N with tert-alkyl or cyclic N) is 1. The van der Waals surface area contributed by atoms with Gasteiger partial charge in [0.25, 0.3) is 0 Å². The topological polar surface area (TPSA) is 79.6 Å². The number of amides is 2. The molecule has 6 nitrogen and oxygen atoms in total. The van der Waals surface area contributed by atoms with Crippen LogP contribution < -0.4 is 5.32 Å². The lowest BCUT2D eigenvalue weighted by atomic mass is 9.80. The number of aliphatic hydroxyl groups is 1. The van der Waals surface area contributed by atoms with Gasteiger partial charge in [-0.15, -0.1) is 0 Å². The minimum absolute atomic E-state index is 0.0596. The number of anilines is 1. The van der Waals surface area contributed by atoms with Crippen LogP contribution in [0.25, 0.3) is 6.08 Å². The van der Waals surface area contributed by atoms with Gasteiger partial charge in [-0.1, -0.05) is 36.9 Å². The number of urea groups is 1. The quantitative estimate of drug-likeness (QED) is 0.619. The zero-order valence-corrected chi connectivity index (χ0v) is 20.2. The van der Waals surface area contributed by atoms with Crippen molar-refractivity contribution < 1.29 is 9.90 Å². The SMILES string of the molecule is C=Cc1cccc(NC(=O)N(CCN2CC[C@@H](O)C2)[C@@H]2CC[C@]3(c4cccc(C#N)c4)CC3C2)c1. The summed E-state index contributed by atoms with van der Waals surface area (Å²) in [5, 5.41) is 22.4. The van der Waals surface area contributed by atoms with E-state index >= 15 is 0 Å². The molecule has 2 amide bonds. The highest BCUT2D eigenvalue weighted by atomic mass is 16.3. The Hall–Kier alpha value is -3.14. The first-order chi connectivity index (χ1) is 17.0. The van der Waals surface area contributed by atoms with E-state index in [9.17, 15) is 15.2 Å². The van der Waals surface area contributed by atoms with E-state index in [4.69, 9.17) is 0 Å². The number of fused-ring (bicyclic) bond motifs is 1. The van der Waals surface area contributed by atoms with E-state index in [0.29, 0.717) is 19.0 Å². The van der Waals surface area contributed by atoms with Crippen molar-refractivity contribution in [3.63, 3.8) is 0 Å². The number of rotatable bonds is 7. The molecule has 4 atom stereocenters. The molecule has 2 saturated carbocycles. The average molecular weight is 471 g/mol. The molecule has 0 radical (unpaired) electrons. The van der Waals surface area contributed by atoms with Crippen molar-refractivity contribution in [2.24, 2.45) is 5.92 Å². The fourth-order valence-electron chi connectivity index (χ4n) is 6.20. The molecule has 2 aliphatic carbocycles. The summed E-state index contributed by atoms with van der Waals surface area (Å²) >= 11 is 0. The summed E-state index contributed by atoms with van der Waals surface area (Å²) in [5.41, 5.74) is 3.92. The van der Waals surface area contributed by atoms with Gasteiger partial charge in [-0.25, -0.2) is 4.79 Å². The summed E-state index contributed by atoms with van der Waals surface area (Å²) in [6, 6.07) is 18.2. The van der Waals surface area contributed by atoms with Gasteiger partial charge in [0.1, 0.15) is 0 Å². The summed E-state index contributed by atoms with van der Waals surface area (Å²) in [6.07, 6.45) is 6.43. The maximum absolute atomic E-state index is 13.5. The first-order valence-corrected chi connectivity index (χ1v) is 12.7. The lowest BCUT2D eigenvalue weighted by molar-refractivity contribution is 0.142. The molecule has 2 aromatic rings. The van der Waals surface area contributed by atoms with Crippen LogP contribution in [-0.4, -0.2) is 59.3 Å². The Morgan fingerprint density at radius 1 is 1.29 bits per heavy atom. The Labute approximate surface area is 207 Å². The molecular formula is C29H34N4O2. The molecular weight excluding hydrogens is 436 g/mol. The van der Waals surface area contributed by atoms with Gasteiger partial charge in [-0.05, 0) is 78.8 Å². The highest BCUT2D eigenvalue weighted by Crippen LogP contribution is 2.62. The smallest absolute Gasteiger partial charge is 0.322 e. The van der Waals surface area contributed by atoms with Gasteiger partial charge in [-0.2, -0.15) is 5.26 Å². The van der Waals surface area contributed by atoms with Crippen LogP contribution in [0.2, 0.25) is 0 Å². The molecule has 2 aromatic carbocycles. The standard InChI is InChI=1S/C29H34N4O2/c1-2-21-5-4-8-25(16-21)31-28(35)33(14-13-32-12-10-27(34)20-32)26-9-11-29(18-24(29)17-26)23-7-3-6-22(15-23)19-30/h2-8,15-16,24,26-27,34H,1,9-14,17-18,20H2,(H,31,35)/t24?,26-,27-,29-/m1/s1. The fraction of sp³-hybridized carbons (Fsp3) is 0.448.